The molecule has 0 radical (unpaired) electrons. The van der Waals surface area contributed by atoms with Gasteiger partial charge < -0.3 is 9.64 Å². The van der Waals surface area contributed by atoms with Gasteiger partial charge in [-0.2, -0.15) is 0 Å². The van der Waals surface area contributed by atoms with Crippen LogP contribution in [0.2, 0.25) is 0 Å². The maximum absolute atomic E-state index is 5.46. The molecule has 0 N–H and O–H groups in total. The Balaban J connectivity index is 1.62. The third-order valence-electron chi connectivity index (χ3n) is 3.70. The third-order valence-corrected chi connectivity index (χ3v) is 5.02. The van der Waals surface area contributed by atoms with Gasteiger partial charge in [-0.25, -0.2) is 4.98 Å². The molecule has 112 valence electrons. The minimum Gasteiger partial charge on any atom is -0.496 e. The average Bonchev–Trinajstić information content (AvgIpc) is 3.03. The molecule has 1 aliphatic heterocycles. The van der Waals surface area contributed by atoms with Crippen molar-refractivity contribution in [3.05, 3.63) is 39.8 Å². The highest BCUT2D eigenvalue weighted by atomic mass is 79.9. The predicted molar refractivity (Wildman–Crippen MR) is 90.3 cm³/mol. The molecule has 2 heterocycles. The molecule has 1 fully saturated rings. The van der Waals surface area contributed by atoms with Crippen molar-refractivity contribution in [1.82, 2.24) is 9.88 Å². The number of hydrogen-bond donors (Lipinski definition) is 0. The van der Waals surface area contributed by atoms with Crippen LogP contribution in [0.1, 0.15) is 5.56 Å². The molecule has 21 heavy (non-hydrogen) atoms. The van der Waals surface area contributed by atoms with Gasteiger partial charge >= 0.3 is 0 Å². The lowest BCUT2D eigenvalue weighted by atomic mass is 10.1. The van der Waals surface area contributed by atoms with Gasteiger partial charge in [0.2, 0.25) is 0 Å². The van der Waals surface area contributed by atoms with Gasteiger partial charge in [-0.15, -0.1) is 11.3 Å². The SMILES string of the molecule is COc1ccc(Br)cc1CN1CCN(c2nccs2)CC1. The van der Waals surface area contributed by atoms with E-state index in [9.17, 15) is 0 Å². The quantitative estimate of drug-likeness (QED) is 0.829. The Labute approximate surface area is 137 Å². The minimum atomic E-state index is 0.925. The van der Waals surface area contributed by atoms with E-state index in [1.165, 1.54) is 5.56 Å². The molecule has 0 atom stereocenters. The molecule has 0 saturated carbocycles. The summed E-state index contributed by atoms with van der Waals surface area (Å²) < 4.78 is 6.55. The molecule has 0 spiro atoms. The van der Waals surface area contributed by atoms with E-state index in [0.29, 0.717) is 0 Å². The molecule has 1 saturated heterocycles. The first-order chi connectivity index (χ1) is 10.3. The summed E-state index contributed by atoms with van der Waals surface area (Å²) in [6.45, 7) is 5.09. The summed E-state index contributed by atoms with van der Waals surface area (Å²) in [6, 6.07) is 6.18. The van der Waals surface area contributed by atoms with Crippen LogP contribution in [-0.4, -0.2) is 43.2 Å². The zero-order valence-electron chi connectivity index (χ0n) is 12.0. The largest absolute Gasteiger partial charge is 0.496 e. The molecule has 6 heteroatoms. The number of methoxy groups -OCH3 is 1. The summed E-state index contributed by atoms with van der Waals surface area (Å²) in [5.41, 5.74) is 1.23. The number of thiazole rings is 1. The van der Waals surface area contributed by atoms with E-state index < -0.39 is 0 Å². The van der Waals surface area contributed by atoms with Crippen molar-refractivity contribution in [2.45, 2.75) is 6.54 Å². The fourth-order valence-electron chi connectivity index (χ4n) is 2.58. The first-order valence-corrected chi connectivity index (χ1v) is 8.63. The molecule has 0 amide bonds. The number of aromatic nitrogens is 1. The van der Waals surface area contributed by atoms with Crippen molar-refractivity contribution in [1.29, 1.82) is 0 Å². The van der Waals surface area contributed by atoms with Gasteiger partial charge in [0, 0.05) is 54.3 Å². The maximum Gasteiger partial charge on any atom is 0.185 e. The zero-order valence-corrected chi connectivity index (χ0v) is 14.4. The van der Waals surface area contributed by atoms with Crippen molar-refractivity contribution in [3.8, 4) is 5.75 Å². The Hall–Kier alpha value is -1.11. The number of benzene rings is 1. The lowest BCUT2D eigenvalue weighted by molar-refractivity contribution is 0.246. The second-order valence-electron chi connectivity index (χ2n) is 5.03. The van der Waals surface area contributed by atoms with Gasteiger partial charge in [0.15, 0.2) is 5.13 Å². The van der Waals surface area contributed by atoms with Crippen LogP contribution in [-0.2, 0) is 6.54 Å². The fourth-order valence-corrected chi connectivity index (χ4v) is 3.69. The summed E-state index contributed by atoms with van der Waals surface area (Å²) in [6.07, 6.45) is 1.87. The van der Waals surface area contributed by atoms with Crippen LogP contribution in [0.15, 0.2) is 34.2 Å². The molecule has 1 aliphatic rings. The molecule has 3 rings (SSSR count). The molecule has 2 aromatic rings. The van der Waals surface area contributed by atoms with E-state index in [1.807, 2.05) is 23.7 Å². The van der Waals surface area contributed by atoms with Gasteiger partial charge in [0.05, 0.1) is 7.11 Å². The molecule has 1 aromatic carbocycles. The van der Waals surface area contributed by atoms with E-state index >= 15 is 0 Å². The van der Waals surface area contributed by atoms with Crippen molar-refractivity contribution in [2.24, 2.45) is 0 Å². The number of anilines is 1. The summed E-state index contributed by atoms with van der Waals surface area (Å²) in [5.74, 6) is 0.959. The molecule has 4 nitrogen and oxygen atoms in total. The lowest BCUT2D eigenvalue weighted by Crippen LogP contribution is -2.45. The average molecular weight is 368 g/mol. The van der Waals surface area contributed by atoms with E-state index in [-0.39, 0.29) is 0 Å². The highest BCUT2D eigenvalue weighted by Gasteiger charge is 2.19. The fraction of sp³-hybridized carbons (Fsp3) is 0.400. The summed E-state index contributed by atoms with van der Waals surface area (Å²) >= 11 is 5.25. The number of hydrogen-bond acceptors (Lipinski definition) is 5. The van der Waals surface area contributed by atoms with Crippen molar-refractivity contribution in [2.75, 3.05) is 38.2 Å². The highest BCUT2D eigenvalue weighted by Crippen LogP contribution is 2.25. The number of halogens is 1. The first kappa shape index (κ1) is 14.8. The van der Waals surface area contributed by atoms with Gasteiger partial charge in [0.25, 0.3) is 0 Å². The second kappa shape index (κ2) is 6.77. The Morgan fingerprint density at radius 2 is 2.10 bits per heavy atom. The van der Waals surface area contributed by atoms with E-state index in [0.717, 1.165) is 48.1 Å². The number of rotatable bonds is 4. The summed E-state index contributed by atoms with van der Waals surface area (Å²) in [4.78, 5) is 9.21. The Morgan fingerprint density at radius 3 is 2.76 bits per heavy atom. The number of ether oxygens (including phenoxy) is 1. The predicted octanol–water partition coefficient (Wildman–Crippen LogP) is 3.24. The van der Waals surface area contributed by atoms with Crippen LogP contribution in [0.4, 0.5) is 5.13 Å². The normalized spacial score (nSPS) is 16.2. The standard InChI is InChI=1S/C15H18BrN3OS/c1-20-14-3-2-13(16)10-12(14)11-18-5-7-19(8-6-18)15-17-4-9-21-15/h2-4,9-10H,5-8,11H2,1H3. The van der Waals surface area contributed by atoms with Gasteiger partial charge in [0.1, 0.15) is 5.75 Å². The molecular formula is C15H18BrN3OS. The van der Waals surface area contributed by atoms with Crippen LogP contribution in [0.25, 0.3) is 0 Å². The van der Waals surface area contributed by atoms with Crippen molar-refractivity contribution >= 4 is 32.4 Å². The molecule has 0 unspecified atom stereocenters. The van der Waals surface area contributed by atoms with Crippen LogP contribution in [0.3, 0.4) is 0 Å². The van der Waals surface area contributed by atoms with E-state index in [2.05, 4.69) is 36.8 Å². The Bertz CT molecular complexity index is 583. The lowest BCUT2D eigenvalue weighted by Gasteiger charge is -2.34. The zero-order chi connectivity index (χ0) is 14.7. The van der Waals surface area contributed by atoms with Crippen molar-refractivity contribution in [3.63, 3.8) is 0 Å². The highest BCUT2D eigenvalue weighted by molar-refractivity contribution is 9.10. The monoisotopic (exact) mass is 367 g/mol. The Morgan fingerprint density at radius 1 is 1.29 bits per heavy atom. The second-order valence-corrected chi connectivity index (χ2v) is 6.82. The van der Waals surface area contributed by atoms with Crippen LogP contribution < -0.4 is 9.64 Å². The van der Waals surface area contributed by atoms with E-state index in [4.69, 9.17) is 4.74 Å². The smallest absolute Gasteiger partial charge is 0.185 e. The van der Waals surface area contributed by atoms with Gasteiger partial charge in [-0.05, 0) is 18.2 Å². The summed E-state index contributed by atoms with van der Waals surface area (Å²) in [5, 5.41) is 3.17. The van der Waals surface area contributed by atoms with Crippen LogP contribution in [0.5, 0.6) is 5.75 Å². The summed E-state index contributed by atoms with van der Waals surface area (Å²) in [7, 11) is 1.73. The third kappa shape index (κ3) is 3.56. The molecule has 1 aromatic heterocycles. The molecule has 0 aliphatic carbocycles. The molecular weight excluding hydrogens is 350 g/mol. The van der Waals surface area contributed by atoms with Crippen LogP contribution >= 0.6 is 27.3 Å². The Kier molecular flexibility index (Phi) is 4.77. The maximum atomic E-state index is 5.46. The topological polar surface area (TPSA) is 28.6 Å². The minimum absolute atomic E-state index is 0.925. The van der Waals surface area contributed by atoms with Crippen molar-refractivity contribution < 1.29 is 4.74 Å². The van der Waals surface area contributed by atoms with Gasteiger partial charge in [-0.1, -0.05) is 15.9 Å². The number of piperazine rings is 1. The number of nitrogens with zero attached hydrogens (tertiary/aromatic N) is 3. The van der Waals surface area contributed by atoms with Crippen LogP contribution in [0, 0.1) is 0 Å². The van der Waals surface area contributed by atoms with E-state index in [1.54, 1.807) is 18.4 Å². The molecule has 0 bridgehead atoms. The first-order valence-electron chi connectivity index (χ1n) is 6.95. The van der Waals surface area contributed by atoms with Gasteiger partial charge in [-0.3, -0.25) is 4.90 Å².